The number of rotatable bonds is 8. The smallest absolute Gasteiger partial charge is 0.228 e. The van der Waals surface area contributed by atoms with Crippen LogP contribution in [-0.4, -0.2) is 66.7 Å². The third-order valence-electron chi connectivity index (χ3n) is 8.19. The third-order valence-corrected chi connectivity index (χ3v) is 12.9. The Kier molecular flexibility index (Phi) is 7.96. The fraction of sp³-hybridized carbons (Fsp3) is 0.731. The van der Waals surface area contributed by atoms with Gasteiger partial charge >= 0.3 is 0 Å². The van der Waals surface area contributed by atoms with Gasteiger partial charge in [-0.15, -0.1) is 0 Å². The quantitative estimate of drug-likeness (QED) is 0.321. The Morgan fingerprint density at radius 1 is 1.23 bits per heavy atom. The second-order valence-electron chi connectivity index (χ2n) is 12.0. The molecular weight excluding hydrogens is 478 g/mol. The summed E-state index contributed by atoms with van der Waals surface area (Å²) in [6, 6.07) is 1.97. The normalized spacial score (nSPS) is 21.3. The van der Waals surface area contributed by atoms with Gasteiger partial charge in [0.15, 0.2) is 14.1 Å². The van der Waals surface area contributed by atoms with Crippen LogP contribution in [-0.2, 0) is 9.22 Å². The van der Waals surface area contributed by atoms with Gasteiger partial charge in [-0.2, -0.15) is 5.10 Å². The lowest BCUT2D eigenvalue weighted by molar-refractivity contribution is -0.117. The molecule has 194 valence electrons. The summed E-state index contributed by atoms with van der Waals surface area (Å²) in [6.07, 6.45) is 7.05. The van der Waals surface area contributed by atoms with Crippen molar-refractivity contribution in [3.63, 3.8) is 0 Å². The van der Waals surface area contributed by atoms with Gasteiger partial charge in [0.05, 0.1) is 16.9 Å². The van der Waals surface area contributed by atoms with E-state index in [-0.39, 0.29) is 17.0 Å². The average Bonchev–Trinajstić information content (AvgIpc) is 3.33. The fourth-order valence-electron chi connectivity index (χ4n) is 4.97. The molecule has 0 N–H and O–H groups in total. The first kappa shape index (κ1) is 26.6. The Balaban J connectivity index is 1.51. The van der Waals surface area contributed by atoms with Crippen molar-refractivity contribution >= 4 is 42.5 Å². The molecule has 4 rings (SSSR count). The van der Waals surface area contributed by atoms with Gasteiger partial charge in [-0.3, -0.25) is 14.4 Å². The number of aromatic nitrogens is 3. The molecule has 0 aromatic carbocycles. The lowest BCUT2D eigenvalue weighted by Gasteiger charge is -2.36. The highest BCUT2D eigenvalue weighted by Gasteiger charge is 2.37. The van der Waals surface area contributed by atoms with Gasteiger partial charge < -0.3 is 9.33 Å². The summed E-state index contributed by atoms with van der Waals surface area (Å²) in [5, 5.41) is 6.48. The number of fused-ring (bicyclic) bond motifs is 1. The second kappa shape index (κ2) is 10.5. The Labute approximate surface area is 216 Å². The number of nitrogens with zero attached hydrogens (tertiary/aromatic N) is 5. The first-order chi connectivity index (χ1) is 16.5. The summed E-state index contributed by atoms with van der Waals surface area (Å²) in [5.41, 5.74) is 0.923. The van der Waals surface area contributed by atoms with Gasteiger partial charge in [0.1, 0.15) is 5.15 Å². The molecule has 9 heteroatoms. The molecule has 2 saturated heterocycles. The fourth-order valence-corrected chi connectivity index (χ4v) is 6.18. The molecule has 2 atom stereocenters. The van der Waals surface area contributed by atoms with E-state index in [0.717, 1.165) is 37.0 Å². The SMILES string of the molecule is C[C@@H](CCO[Si](C)(C)C(C)(C)C)n1nc(N2CC(CN3CCCCC3)CC2=O)c2cnc(Cl)cc21. The average molecular weight is 520 g/mol. The Hall–Kier alpha value is -1.48. The van der Waals surface area contributed by atoms with E-state index in [1.165, 1.54) is 19.3 Å². The molecule has 1 unspecified atom stereocenters. The van der Waals surface area contributed by atoms with Gasteiger partial charge in [0.25, 0.3) is 0 Å². The third kappa shape index (κ3) is 5.92. The Morgan fingerprint density at radius 2 is 1.94 bits per heavy atom. The minimum Gasteiger partial charge on any atom is -0.417 e. The molecule has 0 radical (unpaired) electrons. The van der Waals surface area contributed by atoms with Gasteiger partial charge in [0, 0.05) is 38.4 Å². The minimum absolute atomic E-state index is 0.108. The Morgan fingerprint density at radius 3 is 2.63 bits per heavy atom. The van der Waals surface area contributed by atoms with Crippen LogP contribution in [0.15, 0.2) is 12.3 Å². The highest BCUT2D eigenvalue weighted by Crippen LogP contribution is 2.37. The molecule has 0 bridgehead atoms. The molecule has 4 heterocycles. The molecule has 2 aromatic heterocycles. The number of amides is 1. The van der Waals surface area contributed by atoms with E-state index in [2.05, 4.69) is 50.7 Å². The highest BCUT2D eigenvalue weighted by atomic mass is 35.5. The van der Waals surface area contributed by atoms with Crippen molar-refractivity contribution in [1.82, 2.24) is 19.7 Å². The van der Waals surface area contributed by atoms with Crippen molar-refractivity contribution in [3.05, 3.63) is 17.4 Å². The first-order valence-electron chi connectivity index (χ1n) is 13.2. The van der Waals surface area contributed by atoms with Gasteiger partial charge in [0.2, 0.25) is 5.91 Å². The van der Waals surface area contributed by atoms with Gasteiger partial charge in [-0.25, -0.2) is 4.98 Å². The highest BCUT2D eigenvalue weighted by molar-refractivity contribution is 6.74. The zero-order chi connectivity index (χ0) is 25.4. The van der Waals surface area contributed by atoms with Crippen LogP contribution in [0.4, 0.5) is 5.82 Å². The Bertz CT molecular complexity index is 1040. The van der Waals surface area contributed by atoms with E-state index < -0.39 is 8.32 Å². The molecule has 7 nitrogen and oxygen atoms in total. The zero-order valence-electron chi connectivity index (χ0n) is 22.3. The van der Waals surface area contributed by atoms with Crippen LogP contribution >= 0.6 is 11.6 Å². The lowest BCUT2D eigenvalue weighted by atomic mass is 10.1. The molecule has 35 heavy (non-hydrogen) atoms. The maximum atomic E-state index is 13.1. The number of anilines is 1. The number of halogens is 1. The molecule has 2 aromatic rings. The van der Waals surface area contributed by atoms with Gasteiger partial charge in [-0.1, -0.05) is 38.8 Å². The molecule has 2 fully saturated rings. The zero-order valence-corrected chi connectivity index (χ0v) is 24.1. The summed E-state index contributed by atoms with van der Waals surface area (Å²) in [6.45, 7) is 18.2. The second-order valence-corrected chi connectivity index (χ2v) is 17.2. The topological polar surface area (TPSA) is 63.5 Å². The van der Waals surface area contributed by atoms with Crippen LogP contribution in [0, 0.1) is 5.92 Å². The first-order valence-corrected chi connectivity index (χ1v) is 16.5. The standard InChI is InChI=1S/C26H42ClN5O2Si/c1-19(10-13-34-35(5,6)26(2,3)4)32-22-15-23(27)28-16-21(22)25(29-32)31-18-20(14-24(31)33)17-30-11-8-7-9-12-30/h15-16,19-20H,7-14,17-18H2,1-6H3/t19-,20?/m0/s1. The lowest BCUT2D eigenvalue weighted by Crippen LogP contribution is -2.41. The van der Waals surface area contributed by atoms with Crippen molar-refractivity contribution in [2.45, 2.75) is 84.0 Å². The molecule has 0 saturated carbocycles. The number of likely N-dealkylation sites (tertiary alicyclic amines) is 1. The van der Waals surface area contributed by atoms with E-state index in [1.807, 2.05) is 15.6 Å². The summed E-state index contributed by atoms with van der Waals surface area (Å²) >= 11 is 6.28. The number of hydrogen-bond donors (Lipinski definition) is 0. The van der Waals surface area contributed by atoms with E-state index in [1.54, 1.807) is 6.20 Å². The molecular formula is C26H42ClN5O2Si. The van der Waals surface area contributed by atoms with E-state index in [9.17, 15) is 4.79 Å². The molecule has 0 spiro atoms. The number of piperidine rings is 1. The van der Waals surface area contributed by atoms with Crippen LogP contribution in [0.3, 0.4) is 0 Å². The van der Waals surface area contributed by atoms with Crippen molar-refractivity contribution in [3.8, 4) is 0 Å². The molecule has 2 aliphatic rings. The predicted octanol–water partition coefficient (Wildman–Crippen LogP) is 5.90. The minimum atomic E-state index is -1.80. The number of pyridine rings is 1. The monoisotopic (exact) mass is 519 g/mol. The van der Waals surface area contributed by atoms with Crippen molar-refractivity contribution in [2.75, 3.05) is 37.7 Å². The predicted molar refractivity (Wildman–Crippen MR) is 146 cm³/mol. The summed E-state index contributed by atoms with van der Waals surface area (Å²) in [5.74, 6) is 1.21. The number of hydrogen-bond acceptors (Lipinski definition) is 5. The van der Waals surface area contributed by atoms with E-state index in [4.69, 9.17) is 21.1 Å². The maximum Gasteiger partial charge on any atom is 0.228 e. The summed E-state index contributed by atoms with van der Waals surface area (Å²) < 4.78 is 8.43. The largest absolute Gasteiger partial charge is 0.417 e. The summed E-state index contributed by atoms with van der Waals surface area (Å²) in [7, 11) is -1.80. The molecule has 0 aliphatic carbocycles. The number of carbonyl (C=O) groups is 1. The van der Waals surface area contributed by atoms with Gasteiger partial charge in [-0.05, 0) is 63.3 Å². The van der Waals surface area contributed by atoms with Crippen molar-refractivity contribution < 1.29 is 9.22 Å². The van der Waals surface area contributed by atoms with Crippen LogP contribution in [0.5, 0.6) is 0 Å². The van der Waals surface area contributed by atoms with Crippen LogP contribution in [0.25, 0.3) is 10.9 Å². The van der Waals surface area contributed by atoms with Crippen LogP contribution in [0.1, 0.15) is 65.8 Å². The van der Waals surface area contributed by atoms with E-state index in [0.29, 0.717) is 36.5 Å². The summed E-state index contributed by atoms with van der Waals surface area (Å²) in [4.78, 5) is 21.8. The van der Waals surface area contributed by atoms with Crippen molar-refractivity contribution in [1.29, 1.82) is 0 Å². The number of carbonyl (C=O) groups excluding carboxylic acids is 1. The van der Waals surface area contributed by atoms with Crippen LogP contribution in [0.2, 0.25) is 23.3 Å². The van der Waals surface area contributed by atoms with E-state index >= 15 is 0 Å². The molecule has 2 aliphatic heterocycles. The van der Waals surface area contributed by atoms with Crippen molar-refractivity contribution in [2.24, 2.45) is 5.92 Å². The molecule has 1 amide bonds. The maximum absolute atomic E-state index is 13.1. The van der Waals surface area contributed by atoms with Crippen LogP contribution < -0.4 is 4.90 Å².